The van der Waals surface area contributed by atoms with Gasteiger partial charge in [-0.3, -0.25) is 0 Å². The van der Waals surface area contributed by atoms with Crippen molar-refractivity contribution in [3.8, 4) is 0 Å². The van der Waals surface area contributed by atoms with Crippen molar-refractivity contribution in [3.05, 3.63) is 29.3 Å². The zero-order valence-corrected chi connectivity index (χ0v) is 14.3. The maximum atomic E-state index is 10.3. The quantitative estimate of drug-likeness (QED) is 0.759. The lowest BCUT2D eigenvalue weighted by Crippen LogP contribution is -2.39. The molecule has 0 aromatic heterocycles. The number of nitrogens with one attached hydrogen (secondary N) is 1. The van der Waals surface area contributed by atoms with Crippen molar-refractivity contribution in [1.82, 2.24) is 0 Å². The van der Waals surface area contributed by atoms with Crippen molar-refractivity contribution in [2.45, 2.75) is 58.7 Å². The van der Waals surface area contributed by atoms with Crippen LogP contribution in [-0.2, 0) is 6.42 Å². The average Bonchev–Trinajstić information content (AvgIpc) is 2.25. The van der Waals surface area contributed by atoms with E-state index in [-0.39, 0.29) is 5.04 Å². The first-order valence-electron chi connectivity index (χ1n) is 7.22. The molecule has 2 nitrogen and oxygen atoms in total. The lowest BCUT2D eigenvalue weighted by atomic mass is 10.00. The summed E-state index contributed by atoms with van der Waals surface area (Å²) in [7, 11) is -2.10. The molecule has 0 heterocycles. The highest BCUT2D eigenvalue weighted by molar-refractivity contribution is 6.72. The summed E-state index contributed by atoms with van der Waals surface area (Å²) in [6, 6.07) is 6.67. The number of hydrogen-bond donors (Lipinski definition) is 2. The fourth-order valence-corrected chi connectivity index (χ4v) is 2.81. The predicted octanol–water partition coefficient (Wildman–Crippen LogP) is 4.34. The summed E-state index contributed by atoms with van der Waals surface area (Å²) in [5.74, 6) is 0. The highest BCUT2D eigenvalue weighted by Crippen LogP contribution is 2.39. The molecule has 19 heavy (non-hydrogen) atoms. The third-order valence-electron chi connectivity index (χ3n) is 4.21. The summed E-state index contributed by atoms with van der Waals surface area (Å²) >= 11 is 0. The second-order valence-electron chi connectivity index (χ2n) is 6.68. The first-order chi connectivity index (χ1) is 8.65. The van der Waals surface area contributed by atoms with E-state index < -0.39 is 8.32 Å². The standard InChI is InChI=1S/C16H29NOSi/c1-7-17-15-11-13(2)10-14(12-15)8-9-16(3,4)19(5,6)18/h10-12,17-18H,7-9H2,1-6H3. The Kier molecular flexibility index (Phi) is 5.22. The van der Waals surface area contributed by atoms with Crippen molar-refractivity contribution in [3.63, 3.8) is 0 Å². The molecule has 0 atom stereocenters. The predicted molar refractivity (Wildman–Crippen MR) is 87.4 cm³/mol. The first kappa shape index (κ1) is 16.3. The summed E-state index contributed by atoms with van der Waals surface area (Å²) in [6.45, 7) is 13.7. The summed E-state index contributed by atoms with van der Waals surface area (Å²) in [5, 5.41) is 3.43. The Bertz CT molecular complexity index is 421. The Morgan fingerprint density at radius 1 is 1.21 bits per heavy atom. The van der Waals surface area contributed by atoms with Gasteiger partial charge in [0.15, 0.2) is 8.32 Å². The monoisotopic (exact) mass is 279 g/mol. The van der Waals surface area contributed by atoms with Gasteiger partial charge in [-0.1, -0.05) is 19.9 Å². The minimum atomic E-state index is -2.10. The van der Waals surface area contributed by atoms with Crippen molar-refractivity contribution in [1.29, 1.82) is 0 Å². The van der Waals surface area contributed by atoms with Gasteiger partial charge in [0.2, 0.25) is 0 Å². The first-order valence-corrected chi connectivity index (χ1v) is 10.2. The van der Waals surface area contributed by atoms with Gasteiger partial charge in [-0.05, 0) is 68.1 Å². The number of anilines is 1. The lowest BCUT2D eigenvalue weighted by Gasteiger charge is -2.35. The van der Waals surface area contributed by atoms with Gasteiger partial charge < -0.3 is 10.1 Å². The van der Waals surface area contributed by atoms with Crippen LogP contribution in [0.5, 0.6) is 0 Å². The van der Waals surface area contributed by atoms with E-state index in [1.54, 1.807) is 0 Å². The molecule has 3 heteroatoms. The zero-order valence-electron chi connectivity index (χ0n) is 13.3. The topological polar surface area (TPSA) is 32.3 Å². The molecule has 0 spiro atoms. The molecule has 0 saturated carbocycles. The maximum absolute atomic E-state index is 10.3. The minimum Gasteiger partial charge on any atom is -0.432 e. The third-order valence-corrected chi connectivity index (χ3v) is 7.78. The molecule has 0 amide bonds. The van der Waals surface area contributed by atoms with Crippen LogP contribution in [0.15, 0.2) is 18.2 Å². The molecule has 1 aromatic carbocycles. The lowest BCUT2D eigenvalue weighted by molar-refractivity contribution is 0.451. The normalized spacial score (nSPS) is 12.6. The zero-order chi connectivity index (χ0) is 14.7. The molecular formula is C16H29NOSi. The summed E-state index contributed by atoms with van der Waals surface area (Å²) in [6.07, 6.45) is 2.07. The van der Waals surface area contributed by atoms with Crippen molar-refractivity contribution in [2.75, 3.05) is 11.9 Å². The van der Waals surface area contributed by atoms with Gasteiger partial charge in [-0.25, -0.2) is 0 Å². The summed E-state index contributed by atoms with van der Waals surface area (Å²) in [4.78, 5) is 10.3. The molecule has 1 aromatic rings. The number of rotatable bonds is 6. The van der Waals surface area contributed by atoms with Crippen LogP contribution in [0.25, 0.3) is 0 Å². The molecule has 108 valence electrons. The van der Waals surface area contributed by atoms with Crippen LogP contribution in [0.4, 0.5) is 5.69 Å². The van der Waals surface area contributed by atoms with Gasteiger partial charge in [0.25, 0.3) is 0 Å². The fourth-order valence-electron chi connectivity index (χ4n) is 2.08. The molecule has 0 aliphatic rings. The van der Waals surface area contributed by atoms with Crippen LogP contribution in [0.2, 0.25) is 18.1 Å². The molecule has 0 bridgehead atoms. The van der Waals surface area contributed by atoms with Crippen LogP contribution < -0.4 is 5.32 Å². The maximum Gasteiger partial charge on any atom is 0.188 e. The minimum absolute atomic E-state index is 0.0507. The molecule has 0 fully saturated rings. The van der Waals surface area contributed by atoms with Gasteiger partial charge in [-0.2, -0.15) is 0 Å². The summed E-state index contributed by atoms with van der Waals surface area (Å²) < 4.78 is 0. The SMILES string of the molecule is CCNc1cc(C)cc(CCC(C)(C)[Si](C)(C)O)c1. The van der Waals surface area contributed by atoms with Crippen LogP contribution in [0, 0.1) is 6.92 Å². The van der Waals surface area contributed by atoms with Crippen LogP contribution in [0.3, 0.4) is 0 Å². The smallest absolute Gasteiger partial charge is 0.188 e. The van der Waals surface area contributed by atoms with Crippen molar-refractivity contribution < 1.29 is 4.80 Å². The second kappa shape index (κ2) is 6.10. The highest BCUT2D eigenvalue weighted by Gasteiger charge is 2.37. The van der Waals surface area contributed by atoms with E-state index >= 15 is 0 Å². The fraction of sp³-hybridized carbons (Fsp3) is 0.625. The Balaban J connectivity index is 2.78. The largest absolute Gasteiger partial charge is 0.432 e. The average molecular weight is 279 g/mol. The van der Waals surface area contributed by atoms with E-state index in [4.69, 9.17) is 0 Å². The summed E-state index contributed by atoms with van der Waals surface area (Å²) in [5.41, 5.74) is 3.87. The van der Waals surface area contributed by atoms with Gasteiger partial charge >= 0.3 is 0 Å². The number of aryl methyl sites for hydroxylation is 2. The molecule has 0 aliphatic carbocycles. The van der Waals surface area contributed by atoms with E-state index in [1.807, 2.05) is 13.1 Å². The second-order valence-corrected chi connectivity index (χ2v) is 11.2. The Hall–Kier alpha value is -0.803. The van der Waals surface area contributed by atoms with Gasteiger partial charge in [-0.15, -0.1) is 0 Å². The Morgan fingerprint density at radius 2 is 1.84 bits per heavy atom. The van der Waals surface area contributed by atoms with Crippen LogP contribution in [0.1, 0.15) is 38.3 Å². The Morgan fingerprint density at radius 3 is 2.37 bits per heavy atom. The van der Waals surface area contributed by atoms with E-state index in [0.29, 0.717) is 0 Å². The van der Waals surface area contributed by atoms with Crippen LogP contribution >= 0.6 is 0 Å². The van der Waals surface area contributed by atoms with Crippen LogP contribution in [-0.4, -0.2) is 19.7 Å². The van der Waals surface area contributed by atoms with Gasteiger partial charge in [0, 0.05) is 12.2 Å². The molecule has 0 aliphatic heterocycles. The van der Waals surface area contributed by atoms with Gasteiger partial charge in [0.1, 0.15) is 0 Å². The van der Waals surface area contributed by atoms with Crippen molar-refractivity contribution >= 4 is 14.0 Å². The molecule has 1 rings (SSSR count). The molecule has 2 N–H and O–H groups in total. The molecule has 0 radical (unpaired) electrons. The Labute approximate surface area is 119 Å². The molecular weight excluding hydrogens is 250 g/mol. The third kappa shape index (κ3) is 4.66. The van der Waals surface area contributed by atoms with E-state index in [1.165, 1.54) is 16.8 Å². The van der Waals surface area contributed by atoms with E-state index in [2.05, 4.69) is 51.2 Å². The molecule has 0 saturated heterocycles. The highest BCUT2D eigenvalue weighted by atomic mass is 28.4. The molecule has 0 unspecified atom stereocenters. The van der Waals surface area contributed by atoms with Crippen molar-refractivity contribution in [2.24, 2.45) is 0 Å². The van der Waals surface area contributed by atoms with E-state index in [9.17, 15) is 4.80 Å². The van der Waals surface area contributed by atoms with E-state index in [0.717, 1.165) is 19.4 Å². The van der Waals surface area contributed by atoms with Gasteiger partial charge in [0.05, 0.1) is 0 Å². The number of hydrogen-bond acceptors (Lipinski definition) is 2. The number of benzene rings is 1.